The zero-order valence-electron chi connectivity index (χ0n) is 25.6. The maximum Gasteiger partial charge on any atom is 0.246 e. The maximum atomic E-state index is 16.8. The summed E-state index contributed by atoms with van der Waals surface area (Å²) in [5.74, 6) is -0.515. The number of pyridine rings is 1. The average molecular weight is 667 g/mol. The first-order chi connectivity index (χ1) is 22.3. The standard InChI is InChI=1S/C35H35Cl2F2N5O2/c1-3-4-8-22-9-5-11-25(31(22)37)30-28(36)19-26-33(32(30)39)41-35(46-21-24-10-7-16-42(24)2)27-20-40-44(34(26)27)23-13-17-43(18-14-23)29(45)12-6-15-38/h3-6,8-9,11-12,19-20,23-24H,1,7,10,13-18,21H2,2H3/b8-4-,12-6+. The minimum atomic E-state index is -0.686. The fourth-order valence-electron chi connectivity index (χ4n) is 6.47. The van der Waals surface area contributed by atoms with Crippen LogP contribution in [0.25, 0.3) is 39.0 Å². The number of alkyl halides is 1. The first-order valence-corrected chi connectivity index (χ1v) is 16.2. The van der Waals surface area contributed by atoms with E-state index in [0.29, 0.717) is 70.9 Å². The van der Waals surface area contributed by atoms with Crippen molar-refractivity contribution in [2.24, 2.45) is 0 Å². The van der Waals surface area contributed by atoms with Crippen LogP contribution in [0.2, 0.25) is 10.0 Å². The number of carbonyl (C=O) groups excluding carboxylic acids is 1. The third-order valence-corrected chi connectivity index (χ3v) is 9.67. The molecule has 1 atom stereocenters. The number of amides is 1. The number of carbonyl (C=O) groups is 1. The second kappa shape index (κ2) is 13.9. The van der Waals surface area contributed by atoms with Gasteiger partial charge < -0.3 is 14.5 Å². The topological polar surface area (TPSA) is 63.5 Å². The number of fused-ring (bicyclic) bond motifs is 3. The Morgan fingerprint density at radius 3 is 2.70 bits per heavy atom. The van der Waals surface area contributed by atoms with E-state index < -0.39 is 12.5 Å². The van der Waals surface area contributed by atoms with Crippen LogP contribution in [0.3, 0.4) is 0 Å². The van der Waals surface area contributed by atoms with E-state index in [1.807, 2.05) is 10.7 Å². The number of aromatic nitrogens is 3. The van der Waals surface area contributed by atoms with Crippen molar-refractivity contribution in [2.75, 3.05) is 40.0 Å². The lowest BCUT2D eigenvalue weighted by molar-refractivity contribution is -0.127. The first-order valence-electron chi connectivity index (χ1n) is 15.4. The monoisotopic (exact) mass is 665 g/mol. The minimum Gasteiger partial charge on any atom is -0.475 e. The van der Waals surface area contributed by atoms with Gasteiger partial charge in [-0.15, -0.1) is 0 Å². The quantitative estimate of drug-likeness (QED) is 0.134. The number of piperidine rings is 1. The summed E-state index contributed by atoms with van der Waals surface area (Å²) in [6.45, 7) is 5.40. The van der Waals surface area contributed by atoms with Gasteiger partial charge in [-0.25, -0.2) is 13.8 Å². The minimum absolute atomic E-state index is 0.0737. The number of ether oxygens (including phenoxy) is 1. The van der Waals surface area contributed by atoms with E-state index in [1.54, 1.807) is 47.5 Å². The van der Waals surface area contributed by atoms with Crippen molar-refractivity contribution in [1.29, 1.82) is 0 Å². The van der Waals surface area contributed by atoms with E-state index in [9.17, 15) is 9.18 Å². The maximum absolute atomic E-state index is 16.8. The Morgan fingerprint density at radius 2 is 1.98 bits per heavy atom. The molecule has 2 aromatic carbocycles. The fourth-order valence-corrected chi connectivity index (χ4v) is 7.05. The lowest BCUT2D eigenvalue weighted by Gasteiger charge is -2.32. The van der Waals surface area contributed by atoms with Crippen LogP contribution in [0.15, 0.2) is 61.3 Å². The van der Waals surface area contributed by atoms with E-state index >= 15 is 4.39 Å². The van der Waals surface area contributed by atoms with Crippen LogP contribution in [0.5, 0.6) is 5.88 Å². The Bertz CT molecular complexity index is 1850. The molecule has 7 nitrogen and oxygen atoms in total. The summed E-state index contributed by atoms with van der Waals surface area (Å²) in [4.78, 5) is 21.2. The van der Waals surface area contributed by atoms with Gasteiger partial charge in [-0.2, -0.15) is 5.10 Å². The number of likely N-dealkylation sites (N-methyl/N-ethyl adjacent to an activating group) is 1. The lowest BCUT2D eigenvalue weighted by Crippen LogP contribution is -2.38. The molecule has 0 aliphatic carbocycles. The Labute approximate surface area is 276 Å². The van der Waals surface area contributed by atoms with Crippen LogP contribution in [0, 0.1) is 5.82 Å². The second-order valence-corrected chi connectivity index (χ2v) is 12.5. The number of rotatable bonds is 9. The predicted octanol–water partition coefficient (Wildman–Crippen LogP) is 8.06. The molecule has 0 bridgehead atoms. The summed E-state index contributed by atoms with van der Waals surface area (Å²) in [5.41, 5.74) is 2.08. The summed E-state index contributed by atoms with van der Waals surface area (Å²) >= 11 is 13.7. The van der Waals surface area contributed by atoms with Gasteiger partial charge in [-0.3, -0.25) is 9.48 Å². The van der Waals surface area contributed by atoms with Crippen molar-refractivity contribution in [3.63, 3.8) is 0 Å². The third-order valence-electron chi connectivity index (χ3n) is 8.95. The number of hydrogen-bond acceptors (Lipinski definition) is 5. The largest absolute Gasteiger partial charge is 0.475 e. The summed E-state index contributed by atoms with van der Waals surface area (Å²) in [6.07, 6.45) is 12.7. The SMILES string of the molecule is C=C/C=C\c1cccc(-c2c(Cl)cc3c(nc(OCC4CCCN4C)c4cnn(C5CCN(C(=O)/C=C/CF)CC5)c43)c2F)c1Cl. The molecule has 0 N–H and O–H groups in total. The summed E-state index contributed by atoms with van der Waals surface area (Å²) in [5, 5.41) is 6.47. The number of hydrogen-bond donors (Lipinski definition) is 0. The second-order valence-electron chi connectivity index (χ2n) is 11.7. The Morgan fingerprint density at radius 1 is 1.17 bits per heavy atom. The van der Waals surface area contributed by atoms with Gasteiger partial charge in [0.15, 0.2) is 5.82 Å². The number of benzene rings is 2. The van der Waals surface area contributed by atoms with E-state index in [4.69, 9.17) is 38.0 Å². The van der Waals surface area contributed by atoms with Crippen molar-refractivity contribution in [3.8, 4) is 17.0 Å². The summed E-state index contributed by atoms with van der Waals surface area (Å²) < 4.78 is 37.6. The third kappa shape index (κ3) is 6.16. The molecule has 4 heterocycles. The van der Waals surface area contributed by atoms with Gasteiger partial charge in [0, 0.05) is 41.7 Å². The van der Waals surface area contributed by atoms with Gasteiger partial charge >= 0.3 is 0 Å². The van der Waals surface area contributed by atoms with Gasteiger partial charge in [0.05, 0.1) is 33.2 Å². The van der Waals surface area contributed by atoms with Crippen LogP contribution >= 0.6 is 23.2 Å². The fraction of sp³-hybridized carbons (Fsp3) is 0.343. The van der Waals surface area contributed by atoms with Crippen molar-refractivity contribution in [3.05, 3.63) is 82.8 Å². The molecule has 11 heteroatoms. The van der Waals surface area contributed by atoms with E-state index in [1.165, 1.54) is 12.2 Å². The molecule has 0 saturated carbocycles. The van der Waals surface area contributed by atoms with Crippen molar-refractivity contribution in [1.82, 2.24) is 24.6 Å². The number of halogens is 4. The average Bonchev–Trinajstić information content (AvgIpc) is 3.69. The lowest BCUT2D eigenvalue weighted by atomic mass is 9.99. The molecular formula is C35H35Cl2F2N5O2. The molecule has 240 valence electrons. The highest BCUT2D eigenvalue weighted by Gasteiger charge is 2.29. The van der Waals surface area contributed by atoms with Crippen LogP contribution in [0.4, 0.5) is 8.78 Å². The molecule has 6 rings (SSSR count). The highest BCUT2D eigenvalue weighted by molar-refractivity contribution is 6.38. The smallest absolute Gasteiger partial charge is 0.246 e. The zero-order valence-corrected chi connectivity index (χ0v) is 27.1. The molecule has 0 spiro atoms. The Balaban J connectivity index is 1.46. The van der Waals surface area contributed by atoms with Crippen molar-refractivity contribution >= 4 is 57.0 Å². The molecule has 1 amide bonds. The van der Waals surface area contributed by atoms with Crippen LogP contribution < -0.4 is 4.74 Å². The first kappa shape index (κ1) is 32.2. The normalized spacial score (nSPS) is 18.1. The summed E-state index contributed by atoms with van der Waals surface area (Å²) in [7, 11) is 2.07. The molecule has 1 unspecified atom stereocenters. The van der Waals surface area contributed by atoms with Crippen molar-refractivity contribution < 1.29 is 18.3 Å². The molecule has 2 aliphatic rings. The van der Waals surface area contributed by atoms with Crippen molar-refractivity contribution in [2.45, 2.75) is 37.8 Å². The Hall–Kier alpha value is -3.79. The molecule has 2 aromatic heterocycles. The number of nitrogens with zero attached hydrogens (tertiary/aromatic N) is 5. The Kier molecular flexibility index (Phi) is 9.73. The van der Waals surface area contributed by atoms with Gasteiger partial charge in [0.25, 0.3) is 0 Å². The molecule has 46 heavy (non-hydrogen) atoms. The van der Waals surface area contributed by atoms with Crippen LogP contribution in [-0.4, -0.2) is 76.5 Å². The molecule has 4 aromatic rings. The zero-order chi connectivity index (χ0) is 32.4. The number of likely N-dealkylation sites (tertiary alicyclic amines) is 2. The van der Waals surface area contributed by atoms with Gasteiger partial charge in [0.2, 0.25) is 11.8 Å². The van der Waals surface area contributed by atoms with Gasteiger partial charge in [0.1, 0.15) is 18.8 Å². The summed E-state index contributed by atoms with van der Waals surface area (Å²) in [6, 6.07) is 7.24. The predicted molar refractivity (Wildman–Crippen MR) is 181 cm³/mol. The van der Waals surface area contributed by atoms with E-state index in [2.05, 4.69) is 18.5 Å². The highest BCUT2D eigenvalue weighted by atomic mass is 35.5. The molecule has 2 saturated heterocycles. The van der Waals surface area contributed by atoms with E-state index in [-0.39, 0.29) is 34.1 Å². The molecular weight excluding hydrogens is 631 g/mol. The molecule has 0 radical (unpaired) electrons. The highest BCUT2D eigenvalue weighted by Crippen LogP contribution is 2.43. The van der Waals surface area contributed by atoms with Gasteiger partial charge in [-0.1, -0.05) is 66.2 Å². The molecule has 2 fully saturated rings. The number of allylic oxidation sites excluding steroid dienone is 3. The van der Waals surface area contributed by atoms with E-state index in [0.717, 1.165) is 19.4 Å². The molecule has 2 aliphatic heterocycles. The van der Waals surface area contributed by atoms with Crippen LogP contribution in [-0.2, 0) is 4.79 Å². The van der Waals surface area contributed by atoms with Gasteiger partial charge in [-0.05, 0) is 57.0 Å². The van der Waals surface area contributed by atoms with Crippen LogP contribution in [0.1, 0.15) is 37.3 Å².